The molecule has 2 heterocycles. The SMILES string of the molecule is COC(=O)C1=C(C(=O)c2ccc(C)cc2)C(c2ccc(N(C)C)cc2)n2nnnc2N1. The highest BCUT2D eigenvalue weighted by molar-refractivity contribution is 6.14. The normalized spacial score (nSPS) is 15.2. The van der Waals surface area contributed by atoms with Gasteiger partial charge < -0.3 is 15.0 Å². The number of Topliss-reactive ketones (excluding diaryl/α,β-unsaturated/α-hetero) is 1. The molecule has 1 aromatic heterocycles. The molecule has 1 aliphatic heterocycles. The Morgan fingerprint density at radius 1 is 1.06 bits per heavy atom. The highest BCUT2D eigenvalue weighted by Crippen LogP contribution is 2.37. The van der Waals surface area contributed by atoms with E-state index in [9.17, 15) is 9.59 Å². The summed E-state index contributed by atoms with van der Waals surface area (Å²) in [5.74, 6) is -0.724. The van der Waals surface area contributed by atoms with Gasteiger partial charge in [0.1, 0.15) is 11.7 Å². The van der Waals surface area contributed by atoms with Crippen molar-refractivity contribution in [2.24, 2.45) is 0 Å². The molecule has 1 N–H and O–H groups in total. The minimum absolute atomic E-state index is 0.0251. The van der Waals surface area contributed by atoms with E-state index in [-0.39, 0.29) is 23.0 Å². The van der Waals surface area contributed by atoms with Gasteiger partial charge in [-0.25, -0.2) is 4.79 Å². The molecule has 1 atom stereocenters. The van der Waals surface area contributed by atoms with Crippen LogP contribution in [0.1, 0.15) is 27.5 Å². The number of ketones is 1. The zero-order valence-electron chi connectivity index (χ0n) is 17.7. The molecule has 0 spiro atoms. The molecule has 1 unspecified atom stereocenters. The predicted molar refractivity (Wildman–Crippen MR) is 115 cm³/mol. The lowest BCUT2D eigenvalue weighted by Crippen LogP contribution is -2.33. The monoisotopic (exact) mass is 418 g/mol. The van der Waals surface area contributed by atoms with Crippen molar-refractivity contribution in [1.29, 1.82) is 0 Å². The van der Waals surface area contributed by atoms with Crippen molar-refractivity contribution in [3.05, 3.63) is 76.5 Å². The van der Waals surface area contributed by atoms with Crippen molar-refractivity contribution in [3.63, 3.8) is 0 Å². The fourth-order valence-corrected chi connectivity index (χ4v) is 3.51. The number of rotatable bonds is 5. The summed E-state index contributed by atoms with van der Waals surface area (Å²) in [5.41, 5.74) is 3.48. The molecule has 0 bridgehead atoms. The minimum atomic E-state index is -0.703. The fourth-order valence-electron chi connectivity index (χ4n) is 3.51. The smallest absolute Gasteiger partial charge is 0.355 e. The van der Waals surface area contributed by atoms with Crippen LogP contribution in [-0.4, -0.2) is 53.2 Å². The van der Waals surface area contributed by atoms with Crippen molar-refractivity contribution in [2.75, 3.05) is 31.4 Å². The average molecular weight is 418 g/mol. The summed E-state index contributed by atoms with van der Waals surface area (Å²) in [6, 6.07) is 14.1. The number of methoxy groups -OCH3 is 1. The van der Waals surface area contributed by atoms with Crippen LogP contribution in [0.4, 0.5) is 11.6 Å². The Hall–Kier alpha value is -4.01. The maximum absolute atomic E-state index is 13.6. The third-order valence-electron chi connectivity index (χ3n) is 5.19. The van der Waals surface area contributed by atoms with Gasteiger partial charge in [0.25, 0.3) is 0 Å². The first-order valence-corrected chi connectivity index (χ1v) is 9.66. The third-order valence-corrected chi connectivity index (χ3v) is 5.19. The molecule has 158 valence electrons. The molecule has 0 saturated heterocycles. The second-order valence-electron chi connectivity index (χ2n) is 7.44. The predicted octanol–water partition coefficient (Wildman–Crippen LogP) is 2.37. The van der Waals surface area contributed by atoms with E-state index in [2.05, 4.69) is 20.8 Å². The lowest BCUT2D eigenvalue weighted by Gasteiger charge is -2.28. The number of esters is 1. The number of ether oxygens (including phenoxy) is 1. The molecule has 4 rings (SSSR count). The summed E-state index contributed by atoms with van der Waals surface area (Å²) in [5, 5.41) is 14.6. The number of hydrogen-bond donors (Lipinski definition) is 1. The molecule has 9 heteroatoms. The minimum Gasteiger partial charge on any atom is -0.464 e. The molecule has 0 aliphatic carbocycles. The first-order valence-electron chi connectivity index (χ1n) is 9.66. The van der Waals surface area contributed by atoms with Crippen LogP contribution in [0.15, 0.2) is 59.8 Å². The van der Waals surface area contributed by atoms with E-state index >= 15 is 0 Å². The summed E-state index contributed by atoms with van der Waals surface area (Å²) < 4.78 is 6.45. The number of nitrogens with zero attached hydrogens (tertiary/aromatic N) is 5. The van der Waals surface area contributed by atoms with Crippen LogP contribution in [0.3, 0.4) is 0 Å². The van der Waals surface area contributed by atoms with Crippen LogP contribution < -0.4 is 10.2 Å². The van der Waals surface area contributed by atoms with Gasteiger partial charge in [-0.15, -0.1) is 0 Å². The van der Waals surface area contributed by atoms with Crippen LogP contribution in [-0.2, 0) is 9.53 Å². The second kappa shape index (κ2) is 8.02. The van der Waals surface area contributed by atoms with E-state index in [1.54, 1.807) is 12.1 Å². The molecular weight excluding hydrogens is 396 g/mol. The van der Waals surface area contributed by atoms with E-state index in [4.69, 9.17) is 4.74 Å². The number of anilines is 2. The van der Waals surface area contributed by atoms with Crippen molar-refractivity contribution >= 4 is 23.4 Å². The number of benzene rings is 2. The van der Waals surface area contributed by atoms with Crippen LogP contribution >= 0.6 is 0 Å². The summed E-state index contributed by atoms with van der Waals surface area (Å²) >= 11 is 0. The molecule has 0 amide bonds. The second-order valence-corrected chi connectivity index (χ2v) is 7.44. The number of aromatic nitrogens is 4. The number of nitrogens with one attached hydrogen (secondary N) is 1. The third kappa shape index (κ3) is 3.65. The Morgan fingerprint density at radius 2 is 1.74 bits per heavy atom. The molecule has 1 aliphatic rings. The van der Waals surface area contributed by atoms with Gasteiger partial charge in [0.05, 0.1) is 12.7 Å². The summed E-state index contributed by atoms with van der Waals surface area (Å²) in [7, 11) is 5.16. The molecular formula is C22H22N6O3. The Balaban J connectivity index is 1.91. The maximum Gasteiger partial charge on any atom is 0.355 e. The fraction of sp³-hybridized carbons (Fsp3) is 0.227. The molecule has 0 radical (unpaired) electrons. The highest BCUT2D eigenvalue weighted by atomic mass is 16.5. The molecule has 9 nitrogen and oxygen atoms in total. The van der Waals surface area contributed by atoms with Gasteiger partial charge in [-0.05, 0) is 35.0 Å². The van der Waals surface area contributed by atoms with Crippen LogP contribution in [0.2, 0.25) is 0 Å². The van der Waals surface area contributed by atoms with Gasteiger partial charge in [0.2, 0.25) is 5.95 Å². The first-order chi connectivity index (χ1) is 14.9. The lowest BCUT2D eigenvalue weighted by molar-refractivity contribution is -0.136. The van der Waals surface area contributed by atoms with E-state index in [0.29, 0.717) is 5.56 Å². The zero-order valence-corrected chi connectivity index (χ0v) is 17.7. The van der Waals surface area contributed by atoms with Crippen molar-refractivity contribution in [3.8, 4) is 0 Å². The average Bonchev–Trinajstić information content (AvgIpc) is 3.25. The Bertz CT molecular complexity index is 1160. The molecule has 0 fully saturated rings. The standard InChI is InChI=1S/C22H22N6O3/c1-13-5-7-15(8-6-13)20(29)17-18(21(30)31-4)23-22-24-25-26-28(22)19(17)14-9-11-16(12-10-14)27(2)3/h5-12,19H,1-4H3,(H,23,24,26). The summed E-state index contributed by atoms with van der Waals surface area (Å²) in [6.07, 6.45) is 0. The summed E-state index contributed by atoms with van der Waals surface area (Å²) in [4.78, 5) is 28.3. The quantitative estimate of drug-likeness (QED) is 0.498. The van der Waals surface area contributed by atoms with E-state index < -0.39 is 12.0 Å². The van der Waals surface area contributed by atoms with E-state index in [1.165, 1.54) is 11.8 Å². The van der Waals surface area contributed by atoms with Gasteiger partial charge in [-0.3, -0.25) is 4.79 Å². The van der Waals surface area contributed by atoms with Gasteiger partial charge in [-0.1, -0.05) is 47.1 Å². The number of tetrazole rings is 1. The number of carbonyl (C=O) groups excluding carboxylic acids is 2. The van der Waals surface area contributed by atoms with Crippen molar-refractivity contribution in [1.82, 2.24) is 20.2 Å². The number of carbonyl (C=O) groups is 2. The molecule has 31 heavy (non-hydrogen) atoms. The summed E-state index contributed by atoms with van der Waals surface area (Å²) in [6.45, 7) is 1.94. The topological polar surface area (TPSA) is 102 Å². The van der Waals surface area contributed by atoms with E-state index in [0.717, 1.165) is 16.8 Å². The molecule has 0 saturated carbocycles. The van der Waals surface area contributed by atoms with E-state index in [1.807, 2.05) is 62.3 Å². The zero-order chi connectivity index (χ0) is 22.1. The number of fused-ring (bicyclic) bond motifs is 1. The Labute approximate surface area is 179 Å². The molecule has 3 aromatic rings. The number of hydrogen-bond acceptors (Lipinski definition) is 8. The van der Waals surface area contributed by atoms with Gasteiger partial charge in [-0.2, -0.15) is 4.68 Å². The van der Waals surface area contributed by atoms with Crippen LogP contribution in [0.25, 0.3) is 0 Å². The van der Waals surface area contributed by atoms with Crippen molar-refractivity contribution in [2.45, 2.75) is 13.0 Å². The van der Waals surface area contributed by atoms with Gasteiger partial charge in [0.15, 0.2) is 5.78 Å². The van der Waals surface area contributed by atoms with Crippen molar-refractivity contribution < 1.29 is 14.3 Å². The molecule has 2 aromatic carbocycles. The van der Waals surface area contributed by atoms with Gasteiger partial charge >= 0.3 is 5.97 Å². The maximum atomic E-state index is 13.6. The largest absolute Gasteiger partial charge is 0.464 e. The highest BCUT2D eigenvalue weighted by Gasteiger charge is 2.38. The first kappa shape index (κ1) is 20.3. The van der Waals surface area contributed by atoms with Gasteiger partial charge in [0, 0.05) is 25.3 Å². The number of aryl methyl sites for hydroxylation is 1. The lowest BCUT2D eigenvalue weighted by atomic mass is 9.89. The Morgan fingerprint density at radius 3 is 2.35 bits per heavy atom. The van der Waals surface area contributed by atoms with Crippen LogP contribution in [0, 0.1) is 6.92 Å². The number of allylic oxidation sites excluding steroid dienone is 1. The van der Waals surface area contributed by atoms with Crippen LogP contribution in [0.5, 0.6) is 0 Å². The Kier molecular flexibility index (Phi) is 5.24.